The number of carbonyl (C=O) groups excluding carboxylic acids is 1. The summed E-state index contributed by atoms with van der Waals surface area (Å²) in [4.78, 5) is 11.8. The minimum atomic E-state index is -0.587. The predicted octanol–water partition coefficient (Wildman–Crippen LogP) is 2.04. The second kappa shape index (κ2) is 7.35. The lowest BCUT2D eigenvalue weighted by Crippen LogP contribution is -2.33. The van der Waals surface area contributed by atoms with Gasteiger partial charge in [0.2, 0.25) is 5.91 Å². The van der Waals surface area contributed by atoms with Crippen molar-refractivity contribution >= 4 is 23.3 Å². The first-order chi connectivity index (χ1) is 10.5. The number of hydrogen-bond acceptors (Lipinski definition) is 5. The molecule has 0 bridgehead atoms. The standard InChI is InChI=1S/C14H15ClFN3O3/c1-8-4-13(19-22-8)18-14(21)6-17-12(7-20)9-2-3-10(15)11(16)5-9/h2-5,12,17,20H,6-7H2,1H3,(H,18,19,21)/t12-/m1/s1. The smallest absolute Gasteiger partial charge is 0.239 e. The molecule has 1 atom stereocenters. The first kappa shape index (κ1) is 16.4. The topological polar surface area (TPSA) is 87.4 Å². The van der Waals surface area contributed by atoms with E-state index >= 15 is 0 Å². The van der Waals surface area contributed by atoms with Crippen LogP contribution in [0.25, 0.3) is 0 Å². The van der Waals surface area contributed by atoms with Crippen molar-refractivity contribution < 1.29 is 18.8 Å². The molecule has 1 aromatic heterocycles. The quantitative estimate of drug-likeness (QED) is 0.755. The van der Waals surface area contributed by atoms with Crippen molar-refractivity contribution in [1.29, 1.82) is 0 Å². The number of carbonyl (C=O) groups is 1. The highest BCUT2D eigenvalue weighted by Gasteiger charge is 2.14. The molecule has 0 radical (unpaired) electrons. The maximum absolute atomic E-state index is 13.4. The van der Waals surface area contributed by atoms with Crippen LogP contribution in [0.5, 0.6) is 0 Å². The number of aromatic nitrogens is 1. The molecule has 0 spiro atoms. The van der Waals surface area contributed by atoms with Crippen molar-refractivity contribution in [2.24, 2.45) is 0 Å². The fraction of sp³-hybridized carbons (Fsp3) is 0.286. The number of aryl methyl sites for hydroxylation is 1. The molecular weight excluding hydrogens is 313 g/mol. The first-order valence-corrected chi connectivity index (χ1v) is 6.89. The van der Waals surface area contributed by atoms with E-state index in [4.69, 9.17) is 16.1 Å². The minimum Gasteiger partial charge on any atom is -0.394 e. The Morgan fingerprint density at radius 3 is 2.86 bits per heavy atom. The fourth-order valence-electron chi connectivity index (χ4n) is 1.85. The molecule has 6 nitrogen and oxygen atoms in total. The Bertz CT molecular complexity index is 663. The van der Waals surface area contributed by atoms with Crippen molar-refractivity contribution in [2.45, 2.75) is 13.0 Å². The third-order valence-corrected chi connectivity index (χ3v) is 3.24. The molecular formula is C14H15ClFN3O3. The highest BCUT2D eigenvalue weighted by atomic mass is 35.5. The summed E-state index contributed by atoms with van der Waals surface area (Å²) >= 11 is 5.61. The molecule has 0 saturated heterocycles. The van der Waals surface area contributed by atoms with Crippen molar-refractivity contribution in [3.8, 4) is 0 Å². The van der Waals surface area contributed by atoms with Gasteiger partial charge in [0.25, 0.3) is 0 Å². The molecule has 3 N–H and O–H groups in total. The van der Waals surface area contributed by atoms with Gasteiger partial charge in [0.15, 0.2) is 5.82 Å². The summed E-state index contributed by atoms with van der Waals surface area (Å²) in [5.74, 6) is -0.0568. The fourth-order valence-corrected chi connectivity index (χ4v) is 1.96. The van der Waals surface area contributed by atoms with E-state index in [0.29, 0.717) is 17.1 Å². The van der Waals surface area contributed by atoms with E-state index in [-0.39, 0.29) is 24.1 Å². The van der Waals surface area contributed by atoms with E-state index in [9.17, 15) is 14.3 Å². The monoisotopic (exact) mass is 327 g/mol. The van der Waals surface area contributed by atoms with E-state index in [1.165, 1.54) is 12.1 Å². The molecule has 0 aliphatic carbocycles. The molecule has 2 aromatic rings. The lowest BCUT2D eigenvalue weighted by Gasteiger charge is -2.16. The van der Waals surface area contributed by atoms with Gasteiger partial charge in [-0.25, -0.2) is 4.39 Å². The van der Waals surface area contributed by atoms with Crippen molar-refractivity contribution in [1.82, 2.24) is 10.5 Å². The molecule has 2 rings (SSSR count). The van der Waals surface area contributed by atoms with Crippen LogP contribution in [0.2, 0.25) is 5.02 Å². The predicted molar refractivity (Wildman–Crippen MR) is 79.1 cm³/mol. The minimum absolute atomic E-state index is 0.000384. The molecule has 22 heavy (non-hydrogen) atoms. The Balaban J connectivity index is 1.92. The molecule has 0 saturated carbocycles. The van der Waals surface area contributed by atoms with Gasteiger partial charge in [-0.15, -0.1) is 0 Å². The van der Waals surface area contributed by atoms with Crippen LogP contribution in [-0.2, 0) is 4.79 Å². The van der Waals surface area contributed by atoms with Gasteiger partial charge in [0.1, 0.15) is 11.6 Å². The van der Waals surface area contributed by atoms with Gasteiger partial charge in [0, 0.05) is 6.07 Å². The number of hydrogen-bond donors (Lipinski definition) is 3. The van der Waals surface area contributed by atoms with Gasteiger partial charge in [-0.3, -0.25) is 10.1 Å². The number of amides is 1. The Morgan fingerprint density at radius 1 is 1.50 bits per heavy atom. The van der Waals surface area contributed by atoms with Gasteiger partial charge < -0.3 is 14.9 Å². The summed E-state index contributed by atoms with van der Waals surface area (Å²) < 4.78 is 18.3. The van der Waals surface area contributed by atoms with Gasteiger partial charge >= 0.3 is 0 Å². The van der Waals surface area contributed by atoms with Crippen LogP contribution >= 0.6 is 11.6 Å². The second-order valence-electron chi connectivity index (χ2n) is 4.66. The number of benzene rings is 1. The van der Waals surface area contributed by atoms with Crippen LogP contribution in [-0.4, -0.2) is 29.3 Å². The molecule has 0 aliphatic rings. The van der Waals surface area contributed by atoms with Gasteiger partial charge in [0.05, 0.1) is 24.2 Å². The molecule has 8 heteroatoms. The summed E-state index contributed by atoms with van der Waals surface area (Å²) in [7, 11) is 0. The van der Waals surface area contributed by atoms with E-state index in [1.54, 1.807) is 19.1 Å². The van der Waals surface area contributed by atoms with E-state index in [1.807, 2.05) is 0 Å². The van der Waals surface area contributed by atoms with Crippen LogP contribution in [0.1, 0.15) is 17.4 Å². The highest BCUT2D eigenvalue weighted by molar-refractivity contribution is 6.30. The highest BCUT2D eigenvalue weighted by Crippen LogP contribution is 2.20. The number of anilines is 1. The van der Waals surface area contributed by atoms with E-state index in [2.05, 4.69) is 15.8 Å². The normalized spacial score (nSPS) is 12.2. The zero-order valence-corrected chi connectivity index (χ0v) is 12.5. The Kier molecular flexibility index (Phi) is 5.48. The molecule has 1 heterocycles. The van der Waals surface area contributed by atoms with Crippen molar-refractivity contribution in [3.63, 3.8) is 0 Å². The first-order valence-electron chi connectivity index (χ1n) is 6.52. The Hall–Kier alpha value is -1.96. The SMILES string of the molecule is Cc1cc(NC(=O)CN[C@H](CO)c2ccc(Cl)c(F)c2)no1. The molecule has 0 aliphatic heterocycles. The summed E-state index contributed by atoms with van der Waals surface area (Å²) in [6.45, 7) is 1.33. The maximum Gasteiger partial charge on any atom is 0.239 e. The van der Waals surface area contributed by atoms with Gasteiger partial charge in [-0.2, -0.15) is 0 Å². The van der Waals surface area contributed by atoms with Crippen LogP contribution in [0.3, 0.4) is 0 Å². The summed E-state index contributed by atoms with van der Waals surface area (Å²) in [5, 5.41) is 18.4. The number of aliphatic hydroxyl groups is 1. The summed E-state index contributed by atoms with van der Waals surface area (Å²) in [6.07, 6.45) is 0. The van der Waals surface area contributed by atoms with Crippen LogP contribution in [0.4, 0.5) is 10.2 Å². The second-order valence-corrected chi connectivity index (χ2v) is 5.07. The lowest BCUT2D eigenvalue weighted by molar-refractivity contribution is -0.115. The average molecular weight is 328 g/mol. The summed E-state index contributed by atoms with van der Waals surface area (Å²) in [5.41, 5.74) is 0.495. The Morgan fingerprint density at radius 2 is 2.27 bits per heavy atom. The van der Waals surface area contributed by atoms with Crippen molar-refractivity contribution in [3.05, 3.63) is 46.4 Å². The molecule has 0 unspecified atom stereocenters. The van der Waals surface area contributed by atoms with Gasteiger partial charge in [-0.1, -0.05) is 22.8 Å². The molecule has 0 fully saturated rings. The van der Waals surface area contributed by atoms with Crippen LogP contribution in [0.15, 0.2) is 28.8 Å². The third-order valence-electron chi connectivity index (χ3n) is 2.93. The van der Waals surface area contributed by atoms with Crippen LogP contribution in [0, 0.1) is 12.7 Å². The summed E-state index contributed by atoms with van der Waals surface area (Å²) in [6, 6.07) is 5.19. The molecule has 118 valence electrons. The number of nitrogens with one attached hydrogen (secondary N) is 2. The maximum atomic E-state index is 13.4. The lowest BCUT2D eigenvalue weighted by atomic mass is 10.1. The molecule has 1 amide bonds. The average Bonchev–Trinajstić information content (AvgIpc) is 2.88. The Labute approximate surface area is 131 Å². The number of rotatable bonds is 6. The van der Waals surface area contributed by atoms with Crippen LogP contribution < -0.4 is 10.6 Å². The zero-order chi connectivity index (χ0) is 16.1. The van der Waals surface area contributed by atoms with E-state index in [0.717, 1.165) is 0 Å². The number of nitrogens with zero attached hydrogens (tertiary/aromatic N) is 1. The number of halogens is 2. The van der Waals surface area contributed by atoms with E-state index < -0.39 is 11.9 Å². The zero-order valence-electron chi connectivity index (χ0n) is 11.8. The van der Waals surface area contributed by atoms with Gasteiger partial charge in [-0.05, 0) is 24.6 Å². The largest absolute Gasteiger partial charge is 0.394 e. The number of aliphatic hydroxyl groups excluding tert-OH is 1. The molecule has 1 aromatic carbocycles. The van der Waals surface area contributed by atoms with Crippen molar-refractivity contribution in [2.75, 3.05) is 18.5 Å². The third kappa shape index (κ3) is 4.27.